The third-order valence-corrected chi connectivity index (χ3v) is 3.12. The van der Waals surface area contributed by atoms with Crippen LogP contribution in [0.4, 0.5) is 0 Å². The maximum Gasteiger partial charge on any atom is 0.296 e. The number of hydrogen-bond donors (Lipinski definition) is 1. The van der Waals surface area contributed by atoms with Gasteiger partial charge in [0.1, 0.15) is 5.52 Å². The summed E-state index contributed by atoms with van der Waals surface area (Å²) in [7, 11) is 0. The first-order valence-electron chi connectivity index (χ1n) is 6.81. The maximum atomic E-state index is 9.87. The summed E-state index contributed by atoms with van der Waals surface area (Å²) in [5.74, 6) is 0. The molecule has 0 amide bonds. The van der Waals surface area contributed by atoms with E-state index in [1.54, 1.807) is 0 Å². The monoisotopic (exact) mass is 247 g/mol. The van der Waals surface area contributed by atoms with Crippen LogP contribution in [0.5, 0.6) is 6.01 Å². The lowest BCUT2D eigenvalue weighted by molar-refractivity contribution is 0.396. The minimum Gasteiger partial charge on any atom is -0.480 e. The molecule has 0 unspecified atom stereocenters. The molecule has 1 N–H and O–H groups in total. The van der Waals surface area contributed by atoms with Gasteiger partial charge in [-0.2, -0.15) is 4.98 Å². The minimum atomic E-state index is 0.0854. The van der Waals surface area contributed by atoms with Crippen LogP contribution < -0.4 is 0 Å². The van der Waals surface area contributed by atoms with Crippen molar-refractivity contribution in [3.8, 4) is 6.01 Å². The van der Waals surface area contributed by atoms with Crippen molar-refractivity contribution in [2.45, 2.75) is 52.5 Å². The fraction of sp³-hybridized carbons (Fsp3) is 0.571. The van der Waals surface area contributed by atoms with Crippen LogP contribution in [0.2, 0.25) is 0 Å². The quantitative estimate of drug-likeness (QED) is 0.797. The Morgan fingerprint density at radius 1 is 1.11 bits per heavy atom. The lowest BCUT2D eigenvalue weighted by atomic mass is 10.2. The van der Waals surface area contributed by atoms with E-state index in [0.717, 1.165) is 49.1 Å². The molecule has 0 aliphatic carbocycles. The third-order valence-electron chi connectivity index (χ3n) is 3.12. The summed E-state index contributed by atoms with van der Waals surface area (Å²) in [4.78, 5) is 8.75. The molecule has 2 heterocycles. The van der Waals surface area contributed by atoms with Crippen molar-refractivity contribution in [2.24, 2.45) is 0 Å². The van der Waals surface area contributed by atoms with Gasteiger partial charge in [-0.3, -0.25) is 4.57 Å². The number of aromatic nitrogens is 3. The number of fused-ring (bicyclic) bond motifs is 1. The molecule has 4 nitrogen and oxygen atoms in total. The predicted octanol–water partition coefficient (Wildman–Crippen LogP) is 3.28. The summed E-state index contributed by atoms with van der Waals surface area (Å²) in [6.07, 6.45) is 5.43. The second-order valence-electron chi connectivity index (χ2n) is 4.67. The molecular weight excluding hydrogens is 226 g/mol. The predicted molar refractivity (Wildman–Crippen MR) is 72.7 cm³/mol. The van der Waals surface area contributed by atoms with Gasteiger partial charge in [-0.15, -0.1) is 0 Å². The van der Waals surface area contributed by atoms with Crippen LogP contribution in [0, 0.1) is 0 Å². The highest BCUT2D eigenvalue weighted by molar-refractivity contribution is 5.72. The van der Waals surface area contributed by atoms with E-state index in [4.69, 9.17) is 0 Å². The summed E-state index contributed by atoms with van der Waals surface area (Å²) >= 11 is 0. The Balaban J connectivity index is 2.31. The Morgan fingerprint density at radius 2 is 1.94 bits per heavy atom. The zero-order valence-corrected chi connectivity index (χ0v) is 11.2. The van der Waals surface area contributed by atoms with Gasteiger partial charge in [-0.05, 0) is 25.0 Å². The molecule has 98 valence electrons. The molecule has 0 saturated carbocycles. The minimum absolute atomic E-state index is 0.0854. The number of pyridine rings is 1. The van der Waals surface area contributed by atoms with Crippen LogP contribution in [0.25, 0.3) is 11.2 Å². The highest BCUT2D eigenvalue weighted by Crippen LogP contribution is 2.20. The second kappa shape index (κ2) is 5.85. The summed E-state index contributed by atoms with van der Waals surface area (Å²) in [5, 5.41) is 9.87. The van der Waals surface area contributed by atoms with Crippen LogP contribution in [-0.4, -0.2) is 19.6 Å². The molecule has 2 aromatic heterocycles. The van der Waals surface area contributed by atoms with Crippen molar-refractivity contribution >= 4 is 11.2 Å². The number of hydrogen-bond acceptors (Lipinski definition) is 3. The third kappa shape index (κ3) is 2.63. The van der Waals surface area contributed by atoms with Crippen molar-refractivity contribution in [1.29, 1.82) is 0 Å². The number of aryl methyl sites for hydroxylation is 2. The van der Waals surface area contributed by atoms with Gasteiger partial charge in [0.2, 0.25) is 0 Å². The number of aromatic hydroxyl groups is 1. The summed E-state index contributed by atoms with van der Waals surface area (Å²) < 4.78 is 1.82. The maximum absolute atomic E-state index is 9.87. The zero-order chi connectivity index (χ0) is 13.0. The van der Waals surface area contributed by atoms with Crippen LogP contribution >= 0.6 is 0 Å². The van der Waals surface area contributed by atoms with Gasteiger partial charge in [0.15, 0.2) is 5.65 Å². The first kappa shape index (κ1) is 12.9. The normalized spacial score (nSPS) is 11.2. The van der Waals surface area contributed by atoms with Crippen LogP contribution in [0.1, 0.15) is 45.2 Å². The Morgan fingerprint density at radius 3 is 2.67 bits per heavy atom. The van der Waals surface area contributed by atoms with E-state index in [-0.39, 0.29) is 6.01 Å². The SMILES string of the molecule is CCCCCn1c(O)nc2ccc(CCC)nc21. The average molecular weight is 247 g/mol. The van der Waals surface area contributed by atoms with E-state index in [1.807, 2.05) is 16.7 Å². The molecule has 0 fully saturated rings. The molecule has 0 radical (unpaired) electrons. The van der Waals surface area contributed by atoms with E-state index >= 15 is 0 Å². The van der Waals surface area contributed by atoms with Gasteiger partial charge < -0.3 is 5.11 Å². The number of unbranched alkanes of at least 4 members (excludes halogenated alkanes) is 2. The summed E-state index contributed by atoms with van der Waals surface area (Å²) in [6.45, 7) is 5.10. The number of imidazole rings is 1. The topological polar surface area (TPSA) is 50.9 Å². The lowest BCUT2D eigenvalue weighted by Gasteiger charge is -2.05. The molecule has 0 saturated heterocycles. The molecule has 0 spiro atoms. The van der Waals surface area contributed by atoms with Gasteiger partial charge in [-0.25, -0.2) is 4.98 Å². The molecule has 0 bridgehead atoms. The highest BCUT2D eigenvalue weighted by Gasteiger charge is 2.11. The van der Waals surface area contributed by atoms with Crippen LogP contribution in [-0.2, 0) is 13.0 Å². The molecule has 0 atom stereocenters. The number of nitrogens with zero attached hydrogens (tertiary/aromatic N) is 3. The van der Waals surface area contributed by atoms with Gasteiger partial charge in [0, 0.05) is 12.2 Å². The largest absolute Gasteiger partial charge is 0.480 e. The Labute approximate surface area is 108 Å². The van der Waals surface area contributed by atoms with Crippen LogP contribution in [0.3, 0.4) is 0 Å². The molecule has 2 aromatic rings. The molecule has 0 aromatic carbocycles. The molecule has 2 rings (SSSR count). The van der Waals surface area contributed by atoms with Crippen molar-refractivity contribution in [2.75, 3.05) is 0 Å². The summed E-state index contributed by atoms with van der Waals surface area (Å²) in [5.41, 5.74) is 2.67. The molecule has 0 aliphatic heterocycles. The fourth-order valence-corrected chi connectivity index (χ4v) is 2.15. The smallest absolute Gasteiger partial charge is 0.296 e. The lowest BCUT2D eigenvalue weighted by Crippen LogP contribution is -2.00. The molecular formula is C14H21N3O. The van der Waals surface area contributed by atoms with E-state index in [2.05, 4.69) is 23.8 Å². The van der Waals surface area contributed by atoms with Crippen molar-refractivity contribution < 1.29 is 5.11 Å². The zero-order valence-electron chi connectivity index (χ0n) is 11.2. The van der Waals surface area contributed by atoms with E-state index in [0.29, 0.717) is 0 Å². The Bertz CT molecular complexity index is 519. The van der Waals surface area contributed by atoms with E-state index < -0.39 is 0 Å². The molecule has 4 heteroatoms. The first-order chi connectivity index (χ1) is 8.76. The summed E-state index contributed by atoms with van der Waals surface area (Å²) in [6, 6.07) is 4.03. The molecule has 18 heavy (non-hydrogen) atoms. The van der Waals surface area contributed by atoms with E-state index in [9.17, 15) is 5.11 Å². The molecule has 0 aliphatic rings. The van der Waals surface area contributed by atoms with Gasteiger partial charge in [0.05, 0.1) is 0 Å². The number of rotatable bonds is 6. The Hall–Kier alpha value is -1.58. The van der Waals surface area contributed by atoms with Gasteiger partial charge >= 0.3 is 0 Å². The van der Waals surface area contributed by atoms with Crippen molar-refractivity contribution in [3.05, 3.63) is 17.8 Å². The van der Waals surface area contributed by atoms with E-state index in [1.165, 1.54) is 6.42 Å². The van der Waals surface area contributed by atoms with Gasteiger partial charge in [0.25, 0.3) is 6.01 Å². The van der Waals surface area contributed by atoms with Crippen LogP contribution in [0.15, 0.2) is 12.1 Å². The van der Waals surface area contributed by atoms with Gasteiger partial charge in [-0.1, -0.05) is 33.1 Å². The Kier molecular flexibility index (Phi) is 4.18. The standard InChI is InChI=1S/C14H21N3O/c1-3-5-6-10-17-13-12(16-14(17)18)9-8-11(15-13)7-4-2/h8-9H,3-7,10H2,1-2H3,(H,16,18). The fourth-order valence-electron chi connectivity index (χ4n) is 2.15. The average Bonchev–Trinajstić information content (AvgIpc) is 2.66. The first-order valence-corrected chi connectivity index (χ1v) is 6.81. The van der Waals surface area contributed by atoms with Crippen molar-refractivity contribution in [3.63, 3.8) is 0 Å². The second-order valence-corrected chi connectivity index (χ2v) is 4.67. The highest BCUT2D eigenvalue weighted by atomic mass is 16.3. The van der Waals surface area contributed by atoms with Crippen molar-refractivity contribution in [1.82, 2.24) is 14.5 Å².